The highest BCUT2D eigenvalue weighted by molar-refractivity contribution is 5.54. The summed E-state index contributed by atoms with van der Waals surface area (Å²) in [4.78, 5) is 1.94. The summed E-state index contributed by atoms with van der Waals surface area (Å²) in [6.07, 6.45) is -0.509. The molecule has 1 aromatic rings. The number of benzene rings is 1. The van der Waals surface area contributed by atoms with Gasteiger partial charge in [0.1, 0.15) is 0 Å². The summed E-state index contributed by atoms with van der Waals surface area (Å²) >= 11 is 0. The van der Waals surface area contributed by atoms with Gasteiger partial charge in [0.2, 0.25) is 0 Å². The summed E-state index contributed by atoms with van der Waals surface area (Å²) in [5.41, 5.74) is 8.41. The molecule has 78 valence electrons. The van der Waals surface area contributed by atoms with Crippen molar-refractivity contribution in [2.75, 3.05) is 26.4 Å². The van der Waals surface area contributed by atoms with Crippen molar-refractivity contribution < 1.29 is 5.11 Å². The lowest BCUT2D eigenvalue weighted by atomic mass is 10.0. The van der Waals surface area contributed by atoms with Gasteiger partial charge in [0, 0.05) is 17.8 Å². The first-order valence-corrected chi connectivity index (χ1v) is 4.70. The van der Waals surface area contributed by atoms with Crippen LogP contribution >= 0.6 is 0 Å². The molecule has 0 amide bonds. The Hall–Kier alpha value is -1.06. The van der Waals surface area contributed by atoms with E-state index in [-0.39, 0.29) is 0 Å². The van der Waals surface area contributed by atoms with Crippen molar-refractivity contribution in [3.63, 3.8) is 0 Å². The van der Waals surface area contributed by atoms with Gasteiger partial charge in [-0.15, -0.1) is 0 Å². The van der Waals surface area contributed by atoms with Gasteiger partial charge in [-0.2, -0.15) is 0 Å². The van der Waals surface area contributed by atoms with Gasteiger partial charge in [0.25, 0.3) is 0 Å². The van der Waals surface area contributed by atoms with Crippen LogP contribution in [0.3, 0.4) is 0 Å². The smallest absolute Gasteiger partial charge is 0.0936 e. The Labute approximate surface area is 85.2 Å². The third-order valence-electron chi connectivity index (χ3n) is 2.25. The number of nitrogens with zero attached hydrogens (tertiary/aromatic N) is 1. The predicted octanol–water partition coefficient (Wildman–Crippen LogP) is 1.17. The number of hydrogen-bond donors (Lipinski definition) is 2. The van der Waals surface area contributed by atoms with Gasteiger partial charge < -0.3 is 15.7 Å². The van der Waals surface area contributed by atoms with Crippen LogP contribution in [0.1, 0.15) is 17.2 Å². The molecule has 0 fully saturated rings. The van der Waals surface area contributed by atoms with Crippen molar-refractivity contribution in [2.24, 2.45) is 0 Å². The Morgan fingerprint density at radius 2 is 2.07 bits per heavy atom. The normalized spacial score (nSPS) is 13.2. The third kappa shape index (κ3) is 2.47. The minimum atomic E-state index is -0.509. The Morgan fingerprint density at radius 1 is 1.43 bits per heavy atom. The molecule has 0 spiro atoms. The maximum Gasteiger partial charge on any atom is 0.0936 e. The highest BCUT2D eigenvalue weighted by Gasteiger charge is 2.12. The first kappa shape index (κ1) is 11.0. The molecular weight excluding hydrogens is 176 g/mol. The Morgan fingerprint density at radius 3 is 2.64 bits per heavy atom. The highest BCUT2D eigenvalue weighted by Crippen LogP contribution is 2.23. The molecule has 0 radical (unpaired) electrons. The molecule has 3 nitrogen and oxygen atoms in total. The van der Waals surface area contributed by atoms with Crippen LogP contribution in [0.5, 0.6) is 0 Å². The zero-order chi connectivity index (χ0) is 10.7. The molecule has 0 aliphatic rings. The van der Waals surface area contributed by atoms with Crippen molar-refractivity contribution in [1.82, 2.24) is 4.90 Å². The first-order valence-electron chi connectivity index (χ1n) is 4.70. The molecule has 0 aliphatic carbocycles. The zero-order valence-electron chi connectivity index (χ0n) is 8.99. The van der Waals surface area contributed by atoms with Crippen LogP contribution in [0.15, 0.2) is 18.2 Å². The van der Waals surface area contributed by atoms with Gasteiger partial charge >= 0.3 is 0 Å². The summed E-state index contributed by atoms with van der Waals surface area (Å²) in [7, 11) is 3.85. The Bertz CT molecular complexity index is 310. The summed E-state index contributed by atoms with van der Waals surface area (Å²) < 4.78 is 0. The fourth-order valence-corrected chi connectivity index (χ4v) is 1.44. The Balaban J connectivity index is 2.89. The number of hydrogen-bond acceptors (Lipinski definition) is 3. The number of aryl methyl sites for hydroxylation is 1. The number of rotatable bonds is 3. The molecule has 0 saturated carbocycles. The average molecular weight is 194 g/mol. The number of anilines is 1. The van der Waals surface area contributed by atoms with Gasteiger partial charge in [0.05, 0.1) is 6.10 Å². The van der Waals surface area contributed by atoms with E-state index in [2.05, 4.69) is 0 Å². The molecule has 14 heavy (non-hydrogen) atoms. The predicted molar refractivity (Wildman–Crippen MR) is 59.1 cm³/mol. The van der Waals surface area contributed by atoms with Crippen LogP contribution in [0.2, 0.25) is 0 Å². The van der Waals surface area contributed by atoms with Gasteiger partial charge in [-0.25, -0.2) is 0 Å². The maximum atomic E-state index is 9.87. The number of likely N-dealkylation sites (N-methyl/N-ethyl adjacent to an activating group) is 1. The molecule has 3 heteroatoms. The number of nitrogens with two attached hydrogens (primary N) is 1. The maximum absolute atomic E-state index is 9.87. The van der Waals surface area contributed by atoms with Crippen LogP contribution in [0.4, 0.5) is 5.69 Å². The van der Waals surface area contributed by atoms with Crippen LogP contribution in [-0.4, -0.2) is 30.6 Å². The van der Waals surface area contributed by atoms with Crippen molar-refractivity contribution in [2.45, 2.75) is 13.0 Å². The van der Waals surface area contributed by atoms with E-state index in [1.165, 1.54) is 0 Å². The molecule has 1 atom stereocenters. The van der Waals surface area contributed by atoms with Gasteiger partial charge in [0.15, 0.2) is 0 Å². The molecule has 1 unspecified atom stereocenters. The van der Waals surface area contributed by atoms with E-state index in [1.54, 1.807) is 0 Å². The second-order valence-electron chi connectivity index (χ2n) is 3.86. The van der Waals surface area contributed by atoms with Crippen LogP contribution in [0.25, 0.3) is 0 Å². The molecule has 1 rings (SSSR count). The number of para-hydroxylation sites is 1. The highest BCUT2D eigenvalue weighted by atomic mass is 16.3. The van der Waals surface area contributed by atoms with E-state index in [1.807, 2.05) is 44.1 Å². The SMILES string of the molecule is Cc1cccc(C(O)CN(C)C)c1N. The van der Waals surface area contributed by atoms with Gasteiger partial charge in [-0.3, -0.25) is 0 Å². The van der Waals surface area contributed by atoms with E-state index in [0.717, 1.165) is 11.1 Å². The molecule has 0 heterocycles. The second-order valence-corrected chi connectivity index (χ2v) is 3.86. The summed E-state index contributed by atoms with van der Waals surface area (Å²) in [6, 6.07) is 5.73. The number of aliphatic hydroxyl groups is 1. The average Bonchev–Trinajstić information content (AvgIpc) is 2.08. The van der Waals surface area contributed by atoms with E-state index in [9.17, 15) is 5.11 Å². The van der Waals surface area contributed by atoms with E-state index >= 15 is 0 Å². The standard InChI is InChI=1S/C11H18N2O/c1-8-5-4-6-9(11(8)12)10(14)7-13(2)3/h4-6,10,14H,7,12H2,1-3H3. The fourth-order valence-electron chi connectivity index (χ4n) is 1.44. The van der Waals surface area contributed by atoms with Gasteiger partial charge in [-0.05, 0) is 26.6 Å². The quantitative estimate of drug-likeness (QED) is 0.710. The van der Waals surface area contributed by atoms with Crippen molar-refractivity contribution in [1.29, 1.82) is 0 Å². The summed E-state index contributed by atoms with van der Waals surface area (Å²) in [6.45, 7) is 2.54. The molecule has 0 aromatic heterocycles. The summed E-state index contributed by atoms with van der Waals surface area (Å²) in [5, 5.41) is 9.87. The van der Waals surface area contributed by atoms with Crippen molar-refractivity contribution in [3.05, 3.63) is 29.3 Å². The summed E-state index contributed by atoms with van der Waals surface area (Å²) in [5.74, 6) is 0. The second kappa shape index (κ2) is 4.44. The van der Waals surface area contributed by atoms with Crippen LogP contribution in [-0.2, 0) is 0 Å². The largest absolute Gasteiger partial charge is 0.398 e. The molecule has 1 aromatic carbocycles. The minimum absolute atomic E-state index is 0.509. The zero-order valence-corrected chi connectivity index (χ0v) is 8.99. The number of nitrogen functional groups attached to an aromatic ring is 1. The van der Waals surface area contributed by atoms with Crippen molar-refractivity contribution >= 4 is 5.69 Å². The molecule has 0 saturated heterocycles. The minimum Gasteiger partial charge on any atom is -0.398 e. The molecule has 0 bridgehead atoms. The lowest BCUT2D eigenvalue weighted by molar-refractivity contribution is 0.139. The van der Waals surface area contributed by atoms with Crippen molar-refractivity contribution in [3.8, 4) is 0 Å². The van der Waals surface area contributed by atoms with Crippen LogP contribution < -0.4 is 5.73 Å². The third-order valence-corrected chi connectivity index (χ3v) is 2.25. The van der Waals surface area contributed by atoms with E-state index in [0.29, 0.717) is 12.2 Å². The first-order chi connectivity index (χ1) is 6.52. The number of aliphatic hydroxyl groups excluding tert-OH is 1. The van der Waals surface area contributed by atoms with Crippen LogP contribution in [0, 0.1) is 6.92 Å². The molecule has 0 aliphatic heterocycles. The fraction of sp³-hybridized carbons (Fsp3) is 0.455. The molecule has 3 N–H and O–H groups in total. The monoisotopic (exact) mass is 194 g/mol. The van der Waals surface area contributed by atoms with E-state index in [4.69, 9.17) is 5.73 Å². The molecular formula is C11H18N2O. The Kier molecular flexibility index (Phi) is 3.49. The lowest BCUT2D eigenvalue weighted by Crippen LogP contribution is -2.20. The topological polar surface area (TPSA) is 49.5 Å². The van der Waals surface area contributed by atoms with Gasteiger partial charge in [-0.1, -0.05) is 18.2 Å². The van der Waals surface area contributed by atoms with E-state index < -0.39 is 6.10 Å². The lowest BCUT2D eigenvalue weighted by Gasteiger charge is -2.18.